The van der Waals surface area contributed by atoms with Crippen molar-refractivity contribution in [2.45, 2.75) is 43.1 Å². The zero-order chi connectivity index (χ0) is 25.1. The normalized spacial score (nSPS) is 25.4. The van der Waals surface area contributed by atoms with Crippen LogP contribution in [-0.2, 0) is 23.9 Å². The minimum Gasteiger partial charge on any atom is -0.435 e. The second kappa shape index (κ2) is 7.99. The van der Waals surface area contributed by atoms with Crippen molar-refractivity contribution in [1.82, 2.24) is 19.4 Å². The summed E-state index contributed by atoms with van der Waals surface area (Å²) in [6, 6.07) is 8.48. The standard InChI is InChI=1S/C22H24N4O8S/c1-4-32-21(29)33-15-12-22-19(24-11-5-6-17(24)18(27)25(22)13-15)23(3)20(28)26(22)34-35(30,31)16-9-7-14(2)8-10-16/h5-11,15,19H,4,12-13H2,1-3H3/t15-,19+,22+/m1/s1. The van der Waals surface area contributed by atoms with E-state index in [1.54, 1.807) is 42.0 Å². The molecule has 0 aliphatic carbocycles. The van der Waals surface area contributed by atoms with Crippen LogP contribution in [0.25, 0.3) is 0 Å². The number of benzene rings is 1. The molecule has 3 atom stereocenters. The van der Waals surface area contributed by atoms with Gasteiger partial charge in [0.15, 0.2) is 11.8 Å². The van der Waals surface area contributed by atoms with E-state index >= 15 is 0 Å². The molecule has 0 N–H and O–H groups in total. The van der Waals surface area contributed by atoms with E-state index in [9.17, 15) is 22.8 Å². The molecule has 12 nitrogen and oxygen atoms in total. The van der Waals surface area contributed by atoms with Gasteiger partial charge in [-0.2, -0.15) is 13.5 Å². The Hall–Kier alpha value is -3.58. The summed E-state index contributed by atoms with van der Waals surface area (Å²) in [6.07, 6.45) is -1.06. The van der Waals surface area contributed by atoms with E-state index in [4.69, 9.17) is 13.8 Å². The van der Waals surface area contributed by atoms with E-state index in [1.165, 1.54) is 29.0 Å². The van der Waals surface area contributed by atoms with Crippen LogP contribution in [0.5, 0.6) is 0 Å². The molecule has 0 saturated carbocycles. The number of carbonyl (C=O) groups excluding carboxylic acids is 3. The van der Waals surface area contributed by atoms with Crippen LogP contribution in [0.3, 0.4) is 0 Å². The highest BCUT2D eigenvalue weighted by atomic mass is 32.2. The summed E-state index contributed by atoms with van der Waals surface area (Å²) < 4.78 is 43.7. The van der Waals surface area contributed by atoms with Gasteiger partial charge in [0.25, 0.3) is 5.91 Å². The number of hydrogen-bond acceptors (Lipinski definition) is 8. The van der Waals surface area contributed by atoms with Crippen LogP contribution in [0.4, 0.5) is 9.59 Å². The van der Waals surface area contributed by atoms with Gasteiger partial charge in [0, 0.05) is 19.7 Å². The maximum atomic E-state index is 13.5. The van der Waals surface area contributed by atoms with Crippen molar-refractivity contribution in [1.29, 1.82) is 0 Å². The van der Waals surface area contributed by atoms with Crippen molar-refractivity contribution in [2.75, 3.05) is 20.2 Å². The fourth-order valence-corrected chi connectivity index (χ4v) is 5.99. The number of aryl methyl sites for hydroxylation is 1. The Labute approximate surface area is 201 Å². The average molecular weight is 505 g/mol. The van der Waals surface area contributed by atoms with Crippen LogP contribution in [0, 0.1) is 6.92 Å². The predicted octanol–water partition coefficient (Wildman–Crippen LogP) is 2.08. The van der Waals surface area contributed by atoms with Crippen LogP contribution in [0.2, 0.25) is 0 Å². The van der Waals surface area contributed by atoms with Crippen molar-refractivity contribution in [2.24, 2.45) is 0 Å². The number of ether oxygens (including phenoxy) is 2. The van der Waals surface area contributed by atoms with Gasteiger partial charge in [-0.25, -0.2) is 9.59 Å². The average Bonchev–Trinajstić information content (AvgIpc) is 3.47. The van der Waals surface area contributed by atoms with Gasteiger partial charge in [-0.15, -0.1) is 4.28 Å². The summed E-state index contributed by atoms with van der Waals surface area (Å²) >= 11 is 0. The van der Waals surface area contributed by atoms with Gasteiger partial charge >= 0.3 is 22.3 Å². The van der Waals surface area contributed by atoms with Crippen LogP contribution >= 0.6 is 0 Å². The molecule has 186 valence electrons. The molecule has 13 heteroatoms. The van der Waals surface area contributed by atoms with Gasteiger partial charge in [-0.3, -0.25) is 4.79 Å². The van der Waals surface area contributed by atoms with Crippen LogP contribution in [-0.4, -0.2) is 77.9 Å². The smallest absolute Gasteiger partial charge is 0.435 e. The number of likely N-dealkylation sites (N-methyl/N-ethyl adjacent to an activating group) is 1. The Morgan fingerprint density at radius 3 is 2.57 bits per heavy atom. The minimum absolute atomic E-state index is 0.0785. The van der Waals surface area contributed by atoms with E-state index in [-0.39, 0.29) is 24.5 Å². The van der Waals surface area contributed by atoms with Gasteiger partial charge in [0.1, 0.15) is 11.8 Å². The zero-order valence-electron chi connectivity index (χ0n) is 19.3. The first kappa shape index (κ1) is 23.2. The summed E-state index contributed by atoms with van der Waals surface area (Å²) in [5.74, 6) is -0.453. The number of nitrogens with zero attached hydrogens (tertiary/aromatic N) is 4. The summed E-state index contributed by atoms with van der Waals surface area (Å²) in [7, 11) is -2.95. The number of carbonyl (C=O) groups is 3. The number of urea groups is 1. The maximum absolute atomic E-state index is 13.5. The Balaban J connectivity index is 1.59. The van der Waals surface area contributed by atoms with Gasteiger partial charge in [-0.1, -0.05) is 17.7 Å². The Morgan fingerprint density at radius 1 is 1.17 bits per heavy atom. The fraction of sp³-hybridized carbons (Fsp3) is 0.409. The largest absolute Gasteiger partial charge is 0.508 e. The van der Waals surface area contributed by atoms with Crippen LogP contribution in [0.15, 0.2) is 47.5 Å². The molecule has 1 spiro atoms. The molecule has 2 saturated heterocycles. The first-order valence-electron chi connectivity index (χ1n) is 11.0. The van der Waals surface area contributed by atoms with E-state index in [0.717, 1.165) is 10.6 Å². The van der Waals surface area contributed by atoms with Crippen molar-refractivity contribution in [3.8, 4) is 0 Å². The molecule has 3 aliphatic heterocycles. The van der Waals surface area contributed by atoms with Gasteiger partial charge in [0.2, 0.25) is 0 Å². The number of rotatable bonds is 5. The molecule has 1 aromatic carbocycles. The highest BCUT2D eigenvalue weighted by Gasteiger charge is 2.70. The van der Waals surface area contributed by atoms with Gasteiger partial charge < -0.3 is 23.8 Å². The van der Waals surface area contributed by atoms with E-state index in [0.29, 0.717) is 5.69 Å². The SMILES string of the molecule is CCOC(=O)O[C@H]1CN2C(=O)c3cccn3[C@@H]3N(C)C(=O)N(OS(=O)(=O)c4ccc(C)cc4)[C@@]32C1. The number of hydroxylamine groups is 2. The lowest BCUT2D eigenvalue weighted by Gasteiger charge is -2.46. The van der Waals surface area contributed by atoms with Crippen molar-refractivity contribution in [3.63, 3.8) is 0 Å². The third-order valence-corrected chi connectivity index (χ3v) is 7.70. The Kier molecular flexibility index (Phi) is 5.29. The molecular weight excluding hydrogens is 480 g/mol. The number of fused-ring (bicyclic) bond motifs is 2. The van der Waals surface area contributed by atoms with E-state index < -0.39 is 46.1 Å². The van der Waals surface area contributed by atoms with Gasteiger partial charge in [0.05, 0.1) is 18.0 Å². The molecule has 0 radical (unpaired) electrons. The Bertz CT molecular complexity index is 1310. The molecule has 3 aliphatic rings. The monoisotopic (exact) mass is 504 g/mol. The lowest BCUT2D eigenvalue weighted by Crippen LogP contribution is -2.63. The van der Waals surface area contributed by atoms with Gasteiger partial charge in [-0.05, 0) is 38.1 Å². The molecule has 5 rings (SSSR count). The third-order valence-electron chi connectivity index (χ3n) is 6.50. The molecule has 3 amide bonds. The lowest BCUT2D eigenvalue weighted by molar-refractivity contribution is -0.145. The lowest BCUT2D eigenvalue weighted by atomic mass is 10.00. The van der Waals surface area contributed by atoms with E-state index in [2.05, 4.69) is 0 Å². The number of amides is 3. The summed E-state index contributed by atoms with van der Waals surface area (Å²) in [5.41, 5.74) is -0.437. The minimum atomic E-state index is -4.44. The quantitative estimate of drug-likeness (QED) is 0.567. The molecule has 2 aromatic rings. The Morgan fingerprint density at radius 2 is 1.89 bits per heavy atom. The van der Waals surface area contributed by atoms with E-state index in [1.807, 2.05) is 6.92 Å². The maximum Gasteiger partial charge on any atom is 0.508 e. The predicted molar refractivity (Wildman–Crippen MR) is 118 cm³/mol. The molecule has 1 aromatic heterocycles. The molecular formula is C22H24N4O8S. The van der Waals surface area contributed by atoms with Crippen LogP contribution in [0.1, 0.15) is 35.6 Å². The number of hydrogen-bond donors (Lipinski definition) is 0. The number of aromatic nitrogens is 1. The zero-order valence-corrected chi connectivity index (χ0v) is 20.1. The van der Waals surface area contributed by atoms with Crippen molar-refractivity contribution in [3.05, 3.63) is 53.9 Å². The first-order valence-corrected chi connectivity index (χ1v) is 12.4. The summed E-state index contributed by atoms with van der Waals surface area (Å²) in [4.78, 5) is 41.4. The van der Waals surface area contributed by atoms with Crippen molar-refractivity contribution < 1.29 is 36.6 Å². The third kappa shape index (κ3) is 3.37. The second-order valence-electron chi connectivity index (χ2n) is 8.63. The highest BCUT2D eigenvalue weighted by molar-refractivity contribution is 7.86. The fourth-order valence-electron chi connectivity index (χ4n) is 5.04. The second-order valence-corrected chi connectivity index (χ2v) is 10.2. The van der Waals surface area contributed by atoms with Crippen LogP contribution < -0.4 is 0 Å². The highest BCUT2D eigenvalue weighted by Crippen LogP contribution is 2.52. The van der Waals surface area contributed by atoms with Crippen molar-refractivity contribution >= 4 is 28.2 Å². The summed E-state index contributed by atoms with van der Waals surface area (Å²) in [6.45, 7) is 3.45. The molecule has 0 unspecified atom stereocenters. The molecule has 0 bridgehead atoms. The topological polar surface area (TPSA) is 128 Å². The summed E-state index contributed by atoms with van der Waals surface area (Å²) in [5, 5.41) is 0.724. The first-order chi connectivity index (χ1) is 16.6. The molecule has 2 fully saturated rings. The molecule has 35 heavy (non-hydrogen) atoms. The molecule has 4 heterocycles.